The number of carbonyl (C=O) groups is 1. The maximum atomic E-state index is 12.2. The quantitative estimate of drug-likeness (QED) is 0.732. The van der Waals surface area contributed by atoms with Crippen molar-refractivity contribution in [2.24, 2.45) is 0 Å². The molecular formula is C15H16N6O2S. The van der Waals surface area contributed by atoms with Crippen molar-refractivity contribution in [3.8, 4) is 5.69 Å². The van der Waals surface area contributed by atoms with Crippen LogP contribution >= 0.6 is 11.8 Å². The smallest absolute Gasteiger partial charge is 0.239 e. The summed E-state index contributed by atoms with van der Waals surface area (Å²) in [5, 5.41) is 17.9. The van der Waals surface area contributed by atoms with Gasteiger partial charge in [-0.3, -0.25) is 10.1 Å². The van der Waals surface area contributed by atoms with Crippen LogP contribution in [0.5, 0.6) is 0 Å². The van der Waals surface area contributed by atoms with Crippen molar-refractivity contribution in [1.82, 2.24) is 25.4 Å². The van der Waals surface area contributed by atoms with Crippen LogP contribution in [0.1, 0.15) is 18.4 Å². The van der Waals surface area contributed by atoms with E-state index in [9.17, 15) is 4.79 Å². The van der Waals surface area contributed by atoms with Gasteiger partial charge >= 0.3 is 0 Å². The van der Waals surface area contributed by atoms with Crippen LogP contribution in [0.15, 0.2) is 40.9 Å². The molecule has 0 aliphatic heterocycles. The van der Waals surface area contributed by atoms with E-state index in [1.54, 1.807) is 17.7 Å². The fourth-order valence-corrected chi connectivity index (χ4v) is 2.78. The molecule has 9 heteroatoms. The molecule has 1 N–H and O–H groups in total. The van der Waals surface area contributed by atoms with Gasteiger partial charge in [-0.2, -0.15) is 4.68 Å². The predicted molar refractivity (Wildman–Crippen MR) is 89.8 cm³/mol. The minimum absolute atomic E-state index is 0.158. The molecule has 1 atom stereocenters. The Balaban J connectivity index is 1.60. The van der Waals surface area contributed by atoms with Crippen molar-refractivity contribution in [1.29, 1.82) is 0 Å². The molecular weight excluding hydrogens is 328 g/mol. The molecule has 3 rings (SSSR count). The molecule has 0 spiro atoms. The Labute approximate surface area is 142 Å². The van der Waals surface area contributed by atoms with Crippen LogP contribution < -0.4 is 5.32 Å². The number of hydrogen-bond acceptors (Lipinski definition) is 7. The van der Waals surface area contributed by atoms with Gasteiger partial charge in [-0.15, -0.1) is 16.9 Å². The third kappa shape index (κ3) is 3.80. The molecule has 1 aromatic carbocycles. The molecule has 124 valence electrons. The summed E-state index contributed by atoms with van der Waals surface area (Å²) in [6.07, 6.45) is 0. The average molecular weight is 344 g/mol. The van der Waals surface area contributed by atoms with E-state index < -0.39 is 0 Å². The van der Waals surface area contributed by atoms with E-state index in [1.807, 2.05) is 37.3 Å². The zero-order valence-corrected chi connectivity index (χ0v) is 14.0. The second-order valence-electron chi connectivity index (χ2n) is 5.12. The number of nitrogens with one attached hydrogen (secondary N) is 1. The molecule has 2 heterocycles. The third-order valence-electron chi connectivity index (χ3n) is 3.24. The van der Waals surface area contributed by atoms with Gasteiger partial charge in [0.15, 0.2) is 5.82 Å². The number of aromatic nitrogens is 5. The van der Waals surface area contributed by atoms with Crippen molar-refractivity contribution < 1.29 is 9.32 Å². The number of amides is 1. The number of anilines is 1. The highest BCUT2D eigenvalue weighted by Gasteiger charge is 2.17. The van der Waals surface area contributed by atoms with Gasteiger partial charge in [0.25, 0.3) is 0 Å². The number of hydrogen-bond donors (Lipinski definition) is 1. The summed E-state index contributed by atoms with van der Waals surface area (Å²) in [4.78, 5) is 12.2. The Morgan fingerprint density at radius 2 is 2.17 bits per heavy atom. The van der Waals surface area contributed by atoms with Crippen molar-refractivity contribution in [2.75, 3.05) is 5.32 Å². The summed E-state index contributed by atoms with van der Waals surface area (Å²) in [7, 11) is 0. The first kappa shape index (κ1) is 16.2. The molecule has 0 bridgehead atoms. The van der Waals surface area contributed by atoms with Gasteiger partial charge < -0.3 is 4.52 Å². The van der Waals surface area contributed by atoms with Crippen LogP contribution in [0.25, 0.3) is 5.69 Å². The lowest BCUT2D eigenvalue weighted by Gasteiger charge is -2.10. The van der Waals surface area contributed by atoms with E-state index in [-0.39, 0.29) is 11.2 Å². The van der Waals surface area contributed by atoms with Gasteiger partial charge in [-0.25, -0.2) is 0 Å². The molecule has 2 aromatic heterocycles. The lowest BCUT2D eigenvalue weighted by atomic mass is 10.3. The SMILES string of the molecule is Cc1cc(NC(=O)C(C)SCc2nnnn2-c2ccccc2)on1. The maximum absolute atomic E-state index is 12.2. The maximum Gasteiger partial charge on any atom is 0.239 e. The van der Waals surface area contributed by atoms with Gasteiger partial charge in [0, 0.05) is 6.07 Å². The van der Waals surface area contributed by atoms with E-state index in [4.69, 9.17) is 4.52 Å². The molecule has 0 aliphatic rings. The largest absolute Gasteiger partial charge is 0.338 e. The predicted octanol–water partition coefficient (Wildman–Crippen LogP) is 2.22. The zero-order chi connectivity index (χ0) is 16.9. The Kier molecular flexibility index (Phi) is 4.90. The number of tetrazole rings is 1. The van der Waals surface area contributed by atoms with Crippen LogP contribution in [0, 0.1) is 6.92 Å². The minimum Gasteiger partial charge on any atom is -0.338 e. The van der Waals surface area contributed by atoms with E-state index in [0.717, 1.165) is 5.69 Å². The Morgan fingerprint density at radius 1 is 1.38 bits per heavy atom. The molecule has 0 radical (unpaired) electrons. The standard InChI is InChI=1S/C15H16N6O2S/c1-10-8-14(23-18-10)16-15(22)11(2)24-9-13-17-19-20-21(13)12-6-4-3-5-7-12/h3-8,11H,9H2,1-2H3,(H,16,22). The number of thioether (sulfide) groups is 1. The Bertz CT molecular complexity index is 816. The summed E-state index contributed by atoms with van der Waals surface area (Å²) in [5.41, 5.74) is 1.60. The first-order valence-corrected chi connectivity index (χ1v) is 8.37. The van der Waals surface area contributed by atoms with Crippen molar-refractivity contribution >= 4 is 23.6 Å². The van der Waals surface area contributed by atoms with Crippen LogP contribution in [0.2, 0.25) is 0 Å². The molecule has 1 unspecified atom stereocenters. The molecule has 0 fully saturated rings. The normalized spacial score (nSPS) is 12.1. The summed E-state index contributed by atoms with van der Waals surface area (Å²) in [6, 6.07) is 11.3. The first-order valence-electron chi connectivity index (χ1n) is 7.32. The molecule has 0 aliphatic carbocycles. The lowest BCUT2D eigenvalue weighted by Crippen LogP contribution is -2.22. The van der Waals surface area contributed by atoms with Gasteiger partial charge in [-0.05, 0) is 36.4 Å². The highest BCUT2D eigenvalue weighted by atomic mass is 32.2. The number of nitrogens with zero attached hydrogens (tertiary/aromatic N) is 5. The lowest BCUT2D eigenvalue weighted by molar-refractivity contribution is -0.115. The number of para-hydroxylation sites is 1. The van der Waals surface area contributed by atoms with Gasteiger partial charge in [0.1, 0.15) is 0 Å². The fraction of sp³-hybridized carbons (Fsp3) is 0.267. The highest BCUT2D eigenvalue weighted by Crippen LogP contribution is 2.19. The van der Waals surface area contributed by atoms with Crippen molar-refractivity contribution in [3.63, 3.8) is 0 Å². The summed E-state index contributed by atoms with van der Waals surface area (Å²) < 4.78 is 6.65. The van der Waals surface area contributed by atoms with Gasteiger partial charge in [-0.1, -0.05) is 23.4 Å². The summed E-state index contributed by atoms with van der Waals surface area (Å²) in [5.74, 6) is 1.38. The van der Waals surface area contributed by atoms with Crippen molar-refractivity contribution in [2.45, 2.75) is 24.9 Å². The minimum atomic E-state index is -0.295. The average Bonchev–Trinajstić information content (AvgIpc) is 3.22. The molecule has 0 saturated heterocycles. The van der Waals surface area contributed by atoms with E-state index in [0.29, 0.717) is 23.2 Å². The van der Waals surface area contributed by atoms with Gasteiger partial charge in [0.05, 0.1) is 22.4 Å². The first-order chi connectivity index (χ1) is 11.6. The molecule has 3 aromatic rings. The van der Waals surface area contributed by atoms with Crippen LogP contribution in [-0.2, 0) is 10.5 Å². The summed E-state index contributed by atoms with van der Waals surface area (Å²) >= 11 is 1.44. The number of aryl methyl sites for hydroxylation is 1. The highest BCUT2D eigenvalue weighted by molar-refractivity contribution is 7.99. The number of carbonyl (C=O) groups excluding carboxylic acids is 1. The van der Waals surface area contributed by atoms with E-state index >= 15 is 0 Å². The van der Waals surface area contributed by atoms with Crippen LogP contribution in [-0.4, -0.2) is 36.5 Å². The number of rotatable bonds is 6. The summed E-state index contributed by atoms with van der Waals surface area (Å²) in [6.45, 7) is 3.61. The van der Waals surface area contributed by atoms with E-state index in [1.165, 1.54) is 11.8 Å². The molecule has 24 heavy (non-hydrogen) atoms. The second kappa shape index (κ2) is 7.26. The monoisotopic (exact) mass is 344 g/mol. The van der Waals surface area contributed by atoms with E-state index in [2.05, 4.69) is 26.0 Å². The third-order valence-corrected chi connectivity index (χ3v) is 4.38. The second-order valence-corrected chi connectivity index (χ2v) is 6.45. The Hall–Kier alpha value is -2.68. The molecule has 8 nitrogen and oxygen atoms in total. The molecule has 1 amide bonds. The van der Waals surface area contributed by atoms with Crippen LogP contribution in [0.4, 0.5) is 5.88 Å². The molecule has 0 saturated carbocycles. The Morgan fingerprint density at radius 3 is 2.88 bits per heavy atom. The fourth-order valence-electron chi connectivity index (χ4n) is 1.99. The topological polar surface area (TPSA) is 98.7 Å². The van der Waals surface area contributed by atoms with Crippen molar-refractivity contribution in [3.05, 3.63) is 47.9 Å². The van der Waals surface area contributed by atoms with Crippen LogP contribution in [0.3, 0.4) is 0 Å². The number of benzene rings is 1. The zero-order valence-electron chi connectivity index (χ0n) is 13.2. The van der Waals surface area contributed by atoms with Gasteiger partial charge in [0.2, 0.25) is 11.8 Å².